The lowest BCUT2D eigenvalue weighted by atomic mass is 10.1. The second-order valence-electron chi connectivity index (χ2n) is 4.85. The summed E-state index contributed by atoms with van der Waals surface area (Å²) < 4.78 is 9.94. The van der Waals surface area contributed by atoms with Crippen LogP contribution >= 0.6 is 0 Å². The summed E-state index contributed by atoms with van der Waals surface area (Å²) in [4.78, 5) is 11.5. The monoisotopic (exact) mass is 330 g/mol. The Morgan fingerprint density at radius 3 is 2.33 bits per heavy atom. The molecule has 2 N–H and O–H groups in total. The van der Waals surface area contributed by atoms with E-state index in [1.54, 1.807) is 36.4 Å². The van der Waals surface area contributed by atoms with Crippen molar-refractivity contribution in [2.75, 3.05) is 13.2 Å². The third-order valence-electron chi connectivity index (χ3n) is 3.10. The molecule has 0 aliphatic carbocycles. The molecular formula is C19H22O5. The molecule has 5 nitrogen and oxygen atoms in total. The molecule has 0 spiro atoms. The van der Waals surface area contributed by atoms with Crippen LogP contribution in [0.3, 0.4) is 0 Å². The van der Waals surface area contributed by atoms with Crippen LogP contribution in [0.15, 0.2) is 73.1 Å². The van der Waals surface area contributed by atoms with Crippen molar-refractivity contribution in [3.05, 3.63) is 78.6 Å². The average molecular weight is 330 g/mol. The molecule has 0 bridgehead atoms. The summed E-state index contributed by atoms with van der Waals surface area (Å²) in [5.41, 5.74) is 1.76. The van der Waals surface area contributed by atoms with Crippen LogP contribution in [-0.2, 0) is 15.9 Å². The molecule has 0 amide bonds. The number of aromatic hydroxyl groups is 1. The molecule has 0 aliphatic rings. The second-order valence-corrected chi connectivity index (χ2v) is 4.85. The van der Waals surface area contributed by atoms with Crippen molar-refractivity contribution in [2.24, 2.45) is 0 Å². The molecule has 1 aromatic rings. The summed E-state index contributed by atoms with van der Waals surface area (Å²) in [6.07, 6.45) is 6.35. The van der Waals surface area contributed by atoms with Crippen LogP contribution < -0.4 is 0 Å². The number of hydrogen-bond donors (Lipinski definition) is 2. The smallest absolute Gasteiger partial charge is 0.508 e. The highest BCUT2D eigenvalue weighted by Gasteiger charge is 2.04. The topological polar surface area (TPSA) is 76.0 Å². The number of carbonyl (C=O) groups excluding carboxylic acids is 1. The van der Waals surface area contributed by atoms with Gasteiger partial charge in [0.2, 0.25) is 0 Å². The Morgan fingerprint density at radius 1 is 1.04 bits per heavy atom. The van der Waals surface area contributed by atoms with E-state index in [-0.39, 0.29) is 24.7 Å². The van der Waals surface area contributed by atoms with Crippen molar-refractivity contribution in [2.45, 2.75) is 12.8 Å². The molecule has 0 aliphatic heterocycles. The third kappa shape index (κ3) is 7.89. The van der Waals surface area contributed by atoms with Crippen molar-refractivity contribution in [3.8, 4) is 5.75 Å². The van der Waals surface area contributed by atoms with E-state index in [0.717, 1.165) is 11.1 Å². The predicted molar refractivity (Wildman–Crippen MR) is 92.9 cm³/mol. The quantitative estimate of drug-likeness (QED) is 0.403. The van der Waals surface area contributed by atoms with Gasteiger partial charge in [0.05, 0.1) is 13.2 Å². The van der Waals surface area contributed by atoms with Gasteiger partial charge in [0.25, 0.3) is 0 Å². The number of aliphatic hydroxyl groups is 1. The number of aliphatic hydroxyl groups excluding tert-OH is 1. The van der Waals surface area contributed by atoms with Gasteiger partial charge in [-0.25, -0.2) is 4.79 Å². The molecule has 0 aromatic heterocycles. The summed E-state index contributed by atoms with van der Waals surface area (Å²) in [6, 6.07) is 6.68. The number of ether oxygens (including phenoxy) is 2. The van der Waals surface area contributed by atoms with E-state index in [0.29, 0.717) is 12.8 Å². The molecule has 128 valence electrons. The van der Waals surface area contributed by atoms with E-state index >= 15 is 0 Å². The number of hydrogen-bond acceptors (Lipinski definition) is 5. The Balaban J connectivity index is 2.26. The lowest BCUT2D eigenvalue weighted by Gasteiger charge is -2.07. The summed E-state index contributed by atoms with van der Waals surface area (Å²) in [7, 11) is 0. The van der Waals surface area contributed by atoms with E-state index in [2.05, 4.69) is 13.2 Å². The fourth-order valence-electron chi connectivity index (χ4n) is 1.72. The number of phenolic OH excluding ortho intramolecular Hbond substituents is 1. The van der Waals surface area contributed by atoms with Crippen molar-refractivity contribution < 1.29 is 24.5 Å². The first-order chi connectivity index (χ1) is 11.5. The molecule has 0 unspecified atom stereocenters. The Hall–Kier alpha value is -2.95. The number of rotatable bonds is 9. The zero-order valence-corrected chi connectivity index (χ0v) is 13.5. The van der Waals surface area contributed by atoms with E-state index in [9.17, 15) is 15.0 Å². The Bertz CT molecular complexity index is 611. The van der Waals surface area contributed by atoms with Gasteiger partial charge in [0, 0.05) is 12.8 Å². The van der Waals surface area contributed by atoms with E-state index < -0.39 is 6.16 Å². The van der Waals surface area contributed by atoms with Crippen LogP contribution in [0.1, 0.15) is 12.0 Å². The number of carbonyl (C=O) groups is 1. The summed E-state index contributed by atoms with van der Waals surface area (Å²) >= 11 is 0. The third-order valence-corrected chi connectivity index (χ3v) is 3.10. The first kappa shape index (κ1) is 19.1. The van der Waals surface area contributed by atoms with E-state index in [1.807, 2.05) is 0 Å². The number of allylic oxidation sites excluding steroid dienone is 4. The lowest BCUT2D eigenvalue weighted by Crippen LogP contribution is -2.11. The summed E-state index contributed by atoms with van der Waals surface area (Å²) in [6.45, 7) is 7.44. The Kier molecular flexibility index (Phi) is 8.53. The zero-order chi connectivity index (χ0) is 17.8. The van der Waals surface area contributed by atoms with Crippen LogP contribution in [0.5, 0.6) is 5.75 Å². The molecule has 24 heavy (non-hydrogen) atoms. The van der Waals surface area contributed by atoms with Gasteiger partial charge in [-0.1, -0.05) is 37.4 Å². The summed E-state index contributed by atoms with van der Waals surface area (Å²) in [5, 5.41) is 18.4. The standard InChI is InChI=1S/C19H22O5/c1-3-15(5-8-17(20)4-2)11-13-23-19(22)24-14-12-16-6-9-18(21)10-7-16/h3-10,20-21H,1-2,11-14H2/b15-5+,17-8+. The summed E-state index contributed by atoms with van der Waals surface area (Å²) in [5.74, 6) is 0.241. The van der Waals surface area contributed by atoms with Gasteiger partial charge in [0.15, 0.2) is 0 Å². The Labute approximate surface area is 141 Å². The molecule has 0 heterocycles. The zero-order valence-electron chi connectivity index (χ0n) is 13.5. The van der Waals surface area contributed by atoms with Crippen molar-refractivity contribution in [1.29, 1.82) is 0 Å². The Morgan fingerprint density at radius 2 is 1.71 bits per heavy atom. The fraction of sp³-hybridized carbons (Fsp3) is 0.211. The molecule has 1 rings (SSSR count). The molecule has 0 saturated heterocycles. The largest absolute Gasteiger partial charge is 0.508 e. The van der Waals surface area contributed by atoms with Crippen LogP contribution in [0, 0.1) is 0 Å². The van der Waals surface area contributed by atoms with Gasteiger partial charge in [-0.3, -0.25) is 0 Å². The highest BCUT2D eigenvalue weighted by atomic mass is 16.7. The molecule has 0 atom stereocenters. The predicted octanol–water partition coefficient (Wildman–Crippen LogP) is 4.22. The van der Waals surface area contributed by atoms with Crippen LogP contribution in [0.25, 0.3) is 0 Å². The van der Waals surface area contributed by atoms with Crippen LogP contribution in [-0.4, -0.2) is 29.6 Å². The second kappa shape index (κ2) is 10.7. The molecule has 0 fully saturated rings. The minimum Gasteiger partial charge on any atom is -0.508 e. The van der Waals surface area contributed by atoms with Gasteiger partial charge >= 0.3 is 6.16 Å². The van der Waals surface area contributed by atoms with Gasteiger partial charge in [-0.15, -0.1) is 0 Å². The van der Waals surface area contributed by atoms with Crippen molar-refractivity contribution in [1.82, 2.24) is 0 Å². The first-order valence-electron chi connectivity index (χ1n) is 7.47. The maximum atomic E-state index is 11.5. The lowest BCUT2D eigenvalue weighted by molar-refractivity contribution is 0.0570. The van der Waals surface area contributed by atoms with Crippen LogP contribution in [0.4, 0.5) is 4.79 Å². The molecule has 5 heteroatoms. The minimum atomic E-state index is -0.735. The fourth-order valence-corrected chi connectivity index (χ4v) is 1.72. The van der Waals surface area contributed by atoms with Crippen molar-refractivity contribution in [3.63, 3.8) is 0 Å². The van der Waals surface area contributed by atoms with Crippen molar-refractivity contribution >= 4 is 6.16 Å². The highest BCUT2D eigenvalue weighted by Crippen LogP contribution is 2.10. The SMILES string of the molecule is C=C/C(=C\C=C(\O)C=C)CCOC(=O)OCCc1ccc(O)cc1. The number of phenols is 1. The molecule has 0 saturated carbocycles. The van der Waals surface area contributed by atoms with Gasteiger partial charge in [-0.2, -0.15) is 0 Å². The highest BCUT2D eigenvalue weighted by molar-refractivity contribution is 5.59. The van der Waals surface area contributed by atoms with Gasteiger partial charge in [-0.05, 0) is 35.4 Å². The van der Waals surface area contributed by atoms with E-state index in [4.69, 9.17) is 9.47 Å². The molecule has 0 radical (unpaired) electrons. The van der Waals surface area contributed by atoms with E-state index in [1.165, 1.54) is 12.2 Å². The molecule has 1 aromatic carbocycles. The van der Waals surface area contributed by atoms with Gasteiger partial charge < -0.3 is 19.7 Å². The normalized spacial score (nSPS) is 11.7. The maximum absolute atomic E-state index is 11.5. The first-order valence-corrected chi connectivity index (χ1v) is 7.47. The molecular weight excluding hydrogens is 308 g/mol. The maximum Gasteiger partial charge on any atom is 0.508 e. The minimum absolute atomic E-state index is 0.0453. The van der Waals surface area contributed by atoms with Gasteiger partial charge in [0.1, 0.15) is 11.5 Å². The van der Waals surface area contributed by atoms with Crippen LogP contribution in [0.2, 0.25) is 0 Å². The average Bonchev–Trinajstić information content (AvgIpc) is 2.59. The number of benzene rings is 1.